The molecule has 0 aliphatic carbocycles. The van der Waals surface area contributed by atoms with Crippen molar-refractivity contribution in [2.75, 3.05) is 0 Å². The Kier molecular flexibility index (Phi) is 2.45. The molecular formula is C13H10ClN3O. The van der Waals surface area contributed by atoms with Gasteiger partial charge in [-0.05, 0) is 48.9 Å². The summed E-state index contributed by atoms with van der Waals surface area (Å²) in [5, 5.41) is 18.8. The summed E-state index contributed by atoms with van der Waals surface area (Å²) >= 11 is 5.91. The molecule has 0 saturated heterocycles. The van der Waals surface area contributed by atoms with E-state index in [2.05, 4.69) is 10.2 Å². The summed E-state index contributed by atoms with van der Waals surface area (Å²) in [6, 6.07) is 10.6. The maximum atomic E-state index is 9.50. The highest BCUT2D eigenvalue weighted by molar-refractivity contribution is 6.31. The number of aromatic hydroxyl groups is 1. The number of rotatable bonds is 1. The Labute approximate surface area is 108 Å². The molecule has 0 aliphatic rings. The lowest BCUT2D eigenvalue weighted by Gasteiger charge is -2.02. The summed E-state index contributed by atoms with van der Waals surface area (Å²) in [5.74, 6) is 0.263. The first-order valence-electron chi connectivity index (χ1n) is 5.46. The summed E-state index contributed by atoms with van der Waals surface area (Å²) in [6.07, 6.45) is 0. The van der Waals surface area contributed by atoms with Gasteiger partial charge in [0.05, 0.1) is 5.69 Å². The zero-order valence-corrected chi connectivity index (χ0v) is 10.4. The summed E-state index contributed by atoms with van der Waals surface area (Å²) in [6.45, 7) is 1.83. The predicted octanol–water partition coefficient (Wildman–Crippen LogP) is 3.09. The number of fused-ring (bicyclic) bond motifs is 1. The van der Waals surface area contributed by atoms with E-state index >= 15 is 0 Å². The highest BCUT2D eigenvalue weighted by Crippen LogP contribution is 2.21. The third kappa shape index (κ3) is 1.80. The van der Waals surface area contributed by atoms with Crippen molar-refractivity contribution < 1.29 is 5.11 Å². The van der Waals surface area contributed by atoms with Crippen LogP contribution in [0.25, 0.3) is 16.7 Å². The lowest BCUT2D eigenvalue weighted by atomic mass is 10.2. The highest BCUT2D eigenvalue weighted by Gasteiger charge is 2.06. The number of aromatic nitrogens is 3. The van der Waals surface area contributed by atoms with Crippen LogP contribution in [0.4, 0.5) is 0 Å². The number of nitrogens with zero attached hydrogens (tertiary/aromatic N) is 3. The molecule has 1 heterocycles. The van der Waals surface area contributed by atoms with E-state index in [-0.39, 0.29) is 5.75 Å². The zero-order valence-electron chi connectivity index (χ0n) is 9.63. The smallest absolute Gasteiger partial charge is 0.118 e. The molecule has 2 aromatic carbocycles. The monoisotopic (exact) mass is 259 g/mol. The summed E-state index contributed by atoms with van der Waals surface area (Å²) in [7, 11) is 0. The number of benzene rings is 2. The first-order valence-corrected chi connectivity index (χ1v) is 5.84. The van der Waals surface area contributed by atoms with Gasteiger partial charge in [-0.2, -0.15) is 4.80 Å². The normalized spacial score (nSPS) is 11.0. The van der Waals surface area contributed by atoms with Gasteiger partial charge in [-0.15, -0.1) is 10.2 Å². The minimum Gasteiger partial charge on any atom is -0.508 e. The predicted molar refractivity (Wildman–Crippen MR) is 70.3 cm³/mol. The number of hydrogen-bond acceptors (Lipinski definition) is 3. The minimum atomic E-state index is 0.263. The molecule has 18 heavy (non-hydrogen) atoms. The SMILES string of the molecule is Cc1cc(-n2nc3ccc(Cl)cc3n2)ccc1O. The van der Waals surface area contributed by atoms with Gasteiger partial charge >= 0.3 is 0 Å². The number of phenolic OH excluding ortho intramolecular Hbond substituents is 1. The molecule has 0 radical (unpaired) electrons. The van der Waals surface area contributed by atoms with Gasteiger partial charge in [0.2, 0.25) is 0 Å². The topological polar surface area (TPSA) is 50.9 Å². The Morgan fingerprint density at radius 2 is 1.83 bits per heavy atom. The van der Waals surface area contributed by atoms with Gasteiger partial charge in [0, 0.05) is 5.02 Å². The van der Waals surface area contributed by atoms with E-state index in [9.17, 15) is 5.11 Å². The molecule has 3 aromatic rings. The van der Waals surface area contributed by atoms with Gasteiger partial charge in [0.15, 0.2) is 0 Å². The van der Waals surface area contributed by atoms with Crippen LogP contribution in [0.15, 0.2) is 36.4 Å². The van der Waals surface area contributed by atoms with Crippen molar-refractivity contribution in [2.45, 2.75) is 6.92 Å². The third-order valence-corrected chi connectivity index (χ3v) is 2.99. The van der Waals surface area contributed by atoms with Crippen molar-refractivity contribution in [1.82, 2.24) is 15.0 Å². The van der Waals surface area contributed by atoms with Gasteiger partial charge in [-0.25, -0.2) is 0 Å². The summed E-state index contributed by atoms with van der Waals surface area (Å²) in [5.41, 5.74) is 3.11. The molecule has 0 aliphatic heterocycles. The fraction of sp³-hybridized carbons (Fsp3) is 0.0769. The van der Waals surface area contributed by atoms with Gasteiger partial charge in [-0.3, -0.25) is 0 Å². The first kappa shape index (κ1) is 11.0. The first-order chi connectivity index (χ1) is 8.63. The standard InChI is InChI=1S/C13H10ClN3O/c1-8-6-10(3-5-13(8)18)17-15-11-4-2-9(14)7-12(11)16-17/h2-7,18H,1H3. The maximum absolute atomic E-state index is 9.50. The van der Waals surface area contributed by atoms with Crippen LogP contribution in [-0.4, -0.2) is 20.1 Å². The minimum absolute atomic E-state index is 0.263. The molecule has 0 unspecified atom stereocenters. The molecule has 0 fully saturated rings. The van der Waals surface area contributed by atoms with E-state index < -0.39 is 0 Å². The van der Waals surface area contributed by atoms with Crippen LogP contribution in [0.5, 0.6) is 5.75 Å². The lowest BCUT2D eigenvalue weighted by molar-refractivity contribution is 0.471. The quantitative estimate of drug-likeness (QED) is 0.731. The molecule has 0 saturated carbocycles. The fourth-order valence-corrected chi connectivity index (χ4v) is 1.93. The second kappa shape index (κ2) is 3.99. The van der Waals surface area contributed by atoms with E-state index in [4.69, 9.17) is 11.6 Å². The van der Waals surface area contributed by atoms with Crippen molar-refractivity contribution in [3.05, 3.63) is 47.0 Å². The Bertz CT molecular complexity index is 736. The largest absolute Gasteiger partial charge is 0.508 e. The molecule has 0 bridgehead atoms. The average Bonchev–Trinajstić information content (AvgIpc) is 2.75. The van der Waals surface area contributed by atoms with Gasteiger partial charge in [0.1, 0.15) is 16.8 Å². The Balaban J connectivity index is 2.16. The van der Waals surface area contributed by atoms with E-state index in [1.165, 1.54) is 4.80 Å². The molecule has 0 spiro atoms. The van der Waals surface area contributed by atoms with Crippen molar-refractivity contribution in [3.63, 3.8) is 0 Å². The molecule has 0 atom stereocenters. The van der Waals surface area contributed by atoms with E-state index in [1.807, 2.05) is 19.1 Å². The van der Waals surface area contributed by atoms with Crippen LogP contribution in [0, 0.1) is 6.92 Å². The number of halogens is 1. The maximum Gasteiger partial charge on any atom is 0.118 e. The van der Waals surface area contributed by atoms with E-state index in [1.54, 1.807) is 24.3 Å². The third-order valence-electron chi connectivity index (χ3n) is 2.75. The van der Waals surface area contributed by atoms with Crippen molar-refractivity contribution in [1.29, 1.82) is 0 Å². The second-order valence-electron chi connectivity index (χ2n) is 4.09. The number of hydrogen-bond donors (Lipinski definition) is 1. The molecule has 90 valence electrons. The summed E-state index contributed by atoms with van der Waals surface area (Å²) < 4.78 is 0. The van der Waals surface area contributed by atoms with Crippen LogP contribution in [0.1, 0.15) is 5.56 Å². The van der Waals surface area contributed by atoms with Crippen LogP contribution in [-0.2, 0) is 0 Å². The molecule has 4 nitrogen and oxygen atoms in total. The van der Waals surface area contributed by atoms with Gasteiger partial charge in [-0.1, -0.05) is 11.6 Å². The molecule has 3 rings (SSSR count). The van der Waals surface area contributed by atoms with Crippen LogP contribution in [0.2, 0.25) is 5.02 Å². The average molecular weight is 260 g/mol. The number of aryl methyl sites for hydroxylation is 1. The zero-order chi connectivity index (χ0) is 12.7. The lowest BCUT2D eigenvalue weighted by Crippen LogP contribution is -1.98. The van der Waals surface area contributed by atoms with Crippen LogP contribution in [0.3, 0.4) is 0 Å². The molecule has 0 amide bonds. The van der Waals surface area contributed by atoms with Crippen LogP contribution < -0.4 is 0 Å². The second-order valence-corrected chi connectivity index (χ2v) is 4.53. The molecule has 1 N–H and O–H groups in total. The van der Waals surface area contributed by atoms with E-state index in [0.717, 1.165) is 22.3 Å². The van der Waals surface area contributed by atoms with Crippen LogP contribution >= 0.6 is 11.6 Å². The molecular weight excluding hydrogens is 250 g/mol. The fourth-order valence-electron chi connectivity index (χ4n) is 1.77. The molecule has 1 aromatic heterocycles. The Morgan fingerprint density at radius 3 is 2.61 bits per heavy atom. The van der Waals surface area contributed by atoms with Crippen molar-refractivity contribution >= 4 is 22.6 Å². The Morgan fingerprint density at radius 1 is 1.06 bits per heavy atom. The van der Waals surface area contributed by atoms with Gasteiger partial charge < -0.3 is 5.11 Å². The molecule has 5 heteroatoms. The van der Waals surface area contributed by atoms with E-state index in [0.29, 0.717) is 5.02 Å². The Hall–Kier alpha value is -2.07. The summed E-state index contributed by atoms with van der Waals surface area (Å²) in [4.78, 5) is 1.54. The number of phenols is 1. The van der Waals surface area contributed by atoms with Crippen molar-refractivity contribution in [2.24, 2.45) is 0 Å². The van der Waals surface area contributed by atoms with Crippen molar-refractivity contribution in [3.8, 4) is 11.4 Å². The van der Waals surface area contributed by atoms with Gasteiger partial charge in [0.25, 0.3) is 0 Å². The highest BCUT2D eigenvalue weighted by atomic mass is 35.5.